The molecule has 27 heavy (non-hydrogen) atoms. The van der Waals surface area contributed by atoms with Gasteiger partial charge >= 0.3 is 0 Å². The highest BCUT2D eigenvalue weighted by Gasteiger charge is 2.26. The molecule has 0 unspecified atom stereocenters. The standard InChI is InChI=1S/C22H22FN3O/c23-19-8-6-18(7-9-19)21-20(15-24-25-21)22(27)26-12-10-17(11-13-26)14-16-4-2-1-3-5-16/h1-9,15,17H,10-14H2,(H,24,25). The average Bonchev–Trinajstić information content (AvgIpc) is 3.19. The Morgan fingerprint density at radius 3 is 2.48 bits per heavy atom. The first kappa shape index (κ1) is 17.5. The maximum Gasteiger partial charge on any atom is 0.257 e. The Morgan fingerprint density at radius 2 is 1.78 bits per heavy atom. The highest BCUT2D eigenvalue weighted by Crippen LogP contribution is 2.26. The molecule has 1 aliphatic rings. The summed E-state index contributed by atoms with van der Waals surface area (Å²) in [5.41, 5.74) is 3.31. The van der Waals surface area contributed by atoms with E-state index < -0.39 is 0 Å². The van der Waals surface area contributed by atoms with Crippen LogP contribution >= 0.6 is 0 Å². The van der Waals surface area contributed by atoms with E-state index in [9.17, 15) is 9.18 Å². The third-order valence-electron chi connectivity index (χ3n) is 5.27. The predicted molar refractivity (Wildman–Crippen MR) is 103 cm³/mol. The van der Waals surface area contributed by atoms with Crippen molar-refractivity contribution in [3.8, 4) is 11.3 Å². The summed E-state index contributed by atoms with van der Waals surface area (Å²) in [5, 5.41) is 6.92. The number of aromatic nitrogens is 2. The number of aromatic amines is 1. The Labute approximate surface area is 158 Å². The van der Waals surface area contributed by atoms with Crippen LogP contribution in [0.4, 0.5) is 4.39 Å². The van der Waals surface area contributed by atoms with Crippen molar-refractivity contribution in [3.63, 3.8) is 0 Å². The van der Waals surface area contributed by atoms with E-state index in [1.54, 1.807) is 18.3 Å². The van der Waals surface area contributed by atoms with Crippen LogP contribution < -0.4 is 0 Å². The lowest BCUT2D eigenvalue weighted by atomic mass is 9.90. The predicted octanol–water partition coefficient (Wildman–Crippen LogP) is 4.31. The zero-order valence-corrected chi connectivity index (χ0v) is 15.1. The fraction of sp³-hybridized carbons (Fsp3) is 0.273. The number of nitrogens with zero attached hydrogens (tertiary/aromatic N) is 2. The Hall–Kier alpha value is -2.95. The average molecular weight is 363 g/mol. The van der Waals surface area contributed by atoms with Crippen molar-refractivity contribution in [1.82, 2.24) is 15.1 Å². The van der Waals surface area contributed by atoms with Gasteiger partial charge in [0.05, 0.1) is 17.5 Å². The lowest BCUT2D eigenvalue weighted by Crippen LogP contribution is -2.39. The molecule has 1 amide bonds. The van der Waals surface area contributed by atoms with E-state index in [2.05, 4.69) is 34.5 Å². The minimum Gasteiger partial charge on any atom is -0.339 e. The molecule has 4 nitrogen and oxygen atoms in total. The molecule has 4 rings (SSSR count). The lowest BCUT2D eigenvalue weighted by molar-refractivity contribution is 0.0691. The first-order chi connectivity index (χ1) is 13.2. The van der Waals surface area contributed by atoms with E-state index in [0.717, 1.165) is 37.9 Å². The zero-order valence-electron chi connectivity index (χ0n) is 15.1. The quantitative estimate of drug-likeness (QED) is 0.751. The monoisotopic (exact) mass is 363 g/mol. The number of halogens is 1. The molecule has 3 aromatic rings. The number of rotatable bonds is 4. The maximum atomic E-state index is 13.2. The number of H-pyrrole nitrogens is 1. The molecule has 2 aromatic carbocycles. The Bertz CT molecular complexity index is 897. The number of piperidine rings is 1. The van der Waals surface area contributed by atoms with Gasteiger partial charge in [0.1, 0.15) is 5.82 Å². The van der Waals surface area contributed by atoms with Gasteiger partial charge in [0.25, 0.3) is 5.91 Å². The third kappa shape index (κ3) is 3.92. The number of carbonyl (C=O) groups is 1. The SMILES string of the molecule is O=C(c1cn[nH]c1-c1ccc(F)cc1)N1CCC(Cc2ccccc2)CC1. The molecule has 0 aliphatic carbocycles. The number of carbonyl (C=O) groups excluding carboxylic acids is 1. The van der Waals surface area contributed by atoms with Crippen LogP contribution in [-0.4, -0.2) is 34.1 Å². The van der Waals surface area contributed by atoms with Gasteiger partial charge in [0, 0.05) is 18.7 Å². The van der Waals surface area contributed by atoms with Crippen LogP contribution in [0, 0.1) is 11.7 Å². The summed E-state index contributed by atoms with van der Waals surface area (Å²) in [6.07, 6.45) is 4.64. The molecule has 1 N–H and O–H groups in total. The highest BCUT2D eigenvalue weighted by molar-refractivity contribution is 5.99. The van der Waals surface area contributed by atoms with Gasteiger partial charge in [0.15, 0.2) is 0 Å². The van der Waals surface area contributed by atoms with Gasteiger partial charge in [-0.05, 0) is 55.0 Å². The molecule has 2 heterocycles. The van der Waals surface area contributed by atoms with Crippen molar-refractivity contribution in [2.45, 2.75) is 19.3 Å². The van der Waals surface area contributed by atoms with Crippen molar-refractivity contribution in [3.05, 3.63) is 77.7 Å². The second-order valence-electron chi connectivity index (χ2n) is 7.09. The van der Waals surface area contributed by atoms with Crippen LogP contribution in [0.5, 0.6) is 0 Å². The molecule has 0 atom stereocenters. The number of amides is 1. The van der Waals surface area contributed by atoms with Crippen molar-refractivity contribution in [2.24, 2.45) is 5.92 Å². The van der Waals surface area contributed by atoms with E-state index in [1.165, 1.54) is 17.7 Å². The van der Waals surface area contributed by atoms with Crippen LogP contribution in [0.15, 0.2) is 60.8 Å². The lowest BCUT2D eigenvalue weighted by Gasteiger charge is -2.32. The molecule has 1 aliphatic heterocycles. The Morgan fingerprint density at radius 1 is 1.07 bits per heavy atom. The van der Waals surface area contributed by atoms with Gasteiger partial charge in [0.2, 0.25) is 0 Å². The number of benzene rings is 2. The van der Waals surface area contributed by atoms with Crippen molar-refractivity contribution in [2.75, 3.05) is 13.1 Å². The summed E-state index contributed by atoms with van der Waals surface area (Å²) in [6.45, 7) is 1.51. The van der Waals surface area contributed by atoms with Crippen LogP contribution in [0.2, 0.25) is 0 Å². The fourth-order valence-corrected chi connectivity index (χ4v) is 3.74. The van der Waals surface area contributed by atoms with Crippen molar-refractivity contribution < 1.29 is 9.18 Å². The van der Waals surface area contributed by atoms with Crippen molar-refractivity contribution >= 4 is 5.91 Å². The minimum atomic E-state index is -0.299. The van der Waals surface area contributed by atoms with Gasteiger partial charge in [-0.15, -0.1) is 0 Å². The second-order valence-corrected chi connectivity index (χ2v) is 7.09. The Kier molecular flexibility index (Phi) is 5.01. The minimum absolute atomic E-state index is 0.0127. The van der Waals surface area contributed by atoms with E-state index in [4.69, 9.17) is 0 Å². The van der Waals surface area contributed by atoms with E-state index in [-0.39, 0.29) is 11.7 Å². The first-order valence-electron chi connectivity index (χ1n) is 9.33. The molecular weight excluding hydrogens is 341 g/mol. The van der Waals surface area contributed by atoms with Crippen LogP contribution in [0.25, 0.3) is 11.3 Å². The van der Waals surface area contributed by atoms with Gasteiger partial charge in [-0.25, -0.2) is 4.39 Å². The molecule has 138 valence electrons. The molecular formula is C22H22FN3O. The number of hydrogen-bond acceptors (Lipinski definition) is 2. The Balaban J connectivity index is 1.42. The molecule has 1 saturated heterocycles. The first-order valence-corrected chi connectivity index (χ1v) is 9.33. The number of nitrogens with one attached hydrogen (secondary N) is 1. The van der Waals surface area contributed by atoms with Gasteiger partial charge in [-0.1, -0.05) is 30.3 Å². The summed E-state index contributed by atoms with van der Waals surface area (Å²) in [7, 11) is 0. The van der Waals surface area contributed by atoms with E-state index in [0.29, 0.717) is 17.2 Å². The summed E-state index contributed by atoms with van der Waals surface area (Å²) in [4.78, 5) is 14.9. The number of likely N-dealkylation sites (tertiary alicyclic amines) is 1. The molecule has 1 aromatic heterocycles. The largest absolute Gasteiger partial charge is 0.339 e. The smallest absolute Gasteiger partial charge is 0.257 e. The van der Waals surface area contributed by atoms with Gasteiger partial charge in [-0.2, -0.15) is 5.10 Å². The summed E-state index contributed by atoms with van der Waals surface area (Å²) in [6, 6.07) is 16.6. The van der Waals surface area contributed by atoms with E-state index >= 15 is 0 Å². The molecule has 0 spiro atoms. The van der Waals surface area contributed by atoms with Crippen molar-refractivity contribution in [1.29, 1.82) is 0 Å². The molecule has 0 radical (unpaired) electrons. The van der Waals surface area contributed by atoms with Gasteiger partial charge in [-0.3, -0.25) is 9.89 Å². The second kappa shape index (κ2) is 7.74. The third-order valence-corrected chi connectivity index (χ3v) is 5.27. The van der Waals surface area contributed by atoms with Crippen LogP contribution in [-0.2, 0) is 6.42 Å². The maximum absolute atomic E-state index is 13.2. The van der Waals surface area contributed by atoms with Crippen LogP contribution in [0.3, 0.4) is 0 Å². The fourth-order valence-electron chi connectivity index (χ4n) is 3.74. The number of hydrogen-bond donors (Lipinski definition) is 1. The van der Waals surface area contributed by atoms with Gasteiger partial charge < -0.3 is 4.90 Å². The van der Waals surface area contributed by atoms with Crippen LogP contribution in [0.1, 0.15) is 28.8 Å². The summed E-state index contributed by atoms with van der Waals surface area (Å²) < 4.78 is 13.2. The molecule has 1 fully saturated rings. The van der Waals surface area contributed by atoms with E-state index in [1.807, 2.05) is 11.0 Å². The molecule has 5 heteroatoms. The molecule has 0 bridgehead atoms. The normalized spacial score (nSPS) is 15.1. The summed E-state index contributed by atoms with van der Waals surface area (Å²) >= 11 is 0. The highest BCUT2D eigenvalue weighted by atomic mass is 19.1. The summed E-state index contributed by atoms with van der Waals surface area (Å²) in [5.74, 6) is 0.297. The molecule has 0 saturated carbocycles. The topological polar surface area (TPSA) is 49.0 Å². The zero-order chi connectivity index (χ0) is 18.6.